The van der Waals surface area contributed by atoms with Gasteiger partial charge in [-0.05, 0) is 18.7 Å². The zero-order chi connectivity index (χ0) is 15.1. The van der Waals surface area contributed by atoms with Gasteiger partial charge >= 0.3 is 0 Å². The van der Waals surface area contributed by atoms with Crippen molar-refractivity contribution in [2.24, 2.45) is 0 Å². The summed E-state index contributed by atoms with van der Waals surface area (Å²) >= 11 is 0. The molecule has 0 bridgehead atoms. The molecule has 0 spiro atoms. The van der Waals surface area contributed by atoms with Gasteiger partial charge < -0.3 is 10.6 Å². The van der Waals surface area contributed by atoms with Crippen molar-refractivity contribution in [2.75, 3.05) is 19.6 Å². The highest BCUT2D eigenvalue weighted by atomic mass is 35.5. The predicted octanol–water partition coefficient (Wildman–Crippen LogP) is 1.05. The van der Waals surface area contributed by atoms with Crippen molar-refractivity contribution in [3.05, 3.63) is 30.3 Å². The second kappa shape index (κ2) is 9.11. The Balaban J connectivity index is 0.00000242. The van der Waals surface area contributed by atoms with Crippen LogP contribution in [-0.4, -0.2) is 45.7 Å². The average molecular weight is 325 g/mol. The maximum Gasteiger partial charge on any atom is 0.246 e. The Bertz CT molecular complexity index is 574. The molecule has 22 heavy (non-hydrogen) atoms. The number of carbonyl (C=O) groups excluding carboxylic acids is 1. The van der Waals surface area contributed by atoms with Crippen molar-refractivity contribution < 1.29 is 4.79 Å². The first kappa shape index (κ1) is 18.1. The summed E-state index contributed by atoms with van der Waals surface area (Å²) in [6, 6.07) is 9.07. The number of likely N-dealkylation sites (N-methyl/N-ethyl adjacent to an activating group) is 1. The van der Waals surface area contributed by atoms with E-state index in [-0.39, 0.29) is 18.3 Å². The monoisotopic (exact) mass is 324 g/mol. The van der Waals surface area contributed by atoms with Crippen LogP contribution in [0, 0.1) is 0 Å². The molecule has 0 saturated carbocycles. The summed E-state index contributed by atoms with van der Waals surface area (Å²) in [5.41, 5.74) is 0.878. The third kappa shape index (κ3) is 4.78. The average Bonchev–Trinajstić information content (AvgIpc) is 3.01. The van der Waals surface area contributed by atoms with Crippen LogP contribution in [0.2, 0.25) is 0 Å². The number of hydrogen-bond donors (Lipinski definition) is 2. The van der Waals surface area contributed by atoms with Gasteiger partial charge in [-0.15, -0.1) is 22.6 Å². The maximum atomic E-state index is 12.0. The second-order valence-corrected chi connectivity index (χ2v) is 4.62. The van der Waals surface area contributed by atoms with Gasteiger partial charge in [-0.2, -0.15) is 4.80 Å². The second-order valence-electron chi connectivity index (χ2n) is 4.62. The minimum atomic E-state index is -0.489. The van der Waals surface area contributed by atoms with Crippen molar-refractivity contribution in [1.82, 2.24) is 30.8 Å². The van der Waals surface area contributed by atoms with E-state index in [2.05, 4.69) is 26.0 Å². The number of benzene rings is 1. The molecule has 7 nitrogen and oxygen atoms in total. The van der Waals surface area contributed by atoms with Crippen molar-refractivity contribution >= 4 is 18.3 Å². The van der Waals surface area contributed by atoms with E-state index in [4.69, 9.17) is 0 Å². The van der Waals surface area contributed by atoms with Crippen LogP contribution in [0.3, 0.4) is 0 Å². The fraction of sp³-hybridized carbons (Fsp3) is 0.429. The minimum Gasteiger partial charge on any atom is -0.353 e. The Hall–Kier alpha value is -1.99. The van der Waals surface area contributed by atoms with Crippen LogP contribution in [0.5, 0.6) is 0 Å². The van der Waals surface area contributed by atoms with Gasteiger partial charge in [-0.25, -0.2) is 0 Å². The molecule has 2 rings (SSSR count). The van der Waals surface area contributed by atoms with Gasteiger partial charge in [0.2, 0.25) is 11.7 Å². The Morgan fingerprint density at radius 3 is 2.68 bits per heavy atom. The first-order valence-corrected chi connectivity index (χ1v) is 7.05. The number of tetrazole rings is 1. The summed E-state index contributed by atoms with van der Waals surface area (Å²) in [7, 11) is 0. The van der Waals surface area contributed by atoms with E-state index in [1.54, 1.807) is 6.92 Å². The van der Waals surface area contributed by atoms with Crippen LogP contribution in [0.25, 0.3) is 11.4 Å². The molecule has 0 aliphatic heterocycles. The Morgan fingerprint density at radius 2 is 2.00 bits per heavy atom. The number of nitrogens with zero attached hydrogens (tertiary/aromatic N) is 4. The summed E-state index contributed by atoms with van der Waals surface area (Å²) in [4.78, 5) is 13.3. The summed E-state index contributed by atoms with van der Waals surface area (Å²) in [6.45, 7) is 5.98. The highest BCUT2D eigenvalue weighted by Gasteiger charge is 2.18. The SMILES string of the molecule is CCNCCNC(=O)C(C)n1nnc(-c2ccccc2)n1.Cl. The number of rotatable bonds is 7. The van der Waals surface area contributed by atoms with E-state index in [1.165, 1.54) is 4.80 Å². The molecule has 0 fully saturated rings. The Morgan fingerprint density at radius 1 is 1.27 bits per heavy atom. The third-order valence-corrected chi connectivity index (χ3v) is 3.04. The molecular weight excluding hydrogens is 304 g/mol. The van der Waals surface area contributed by atoms with Crippen LogP contribution < -0.4 is 10.6 Å². The molecule has 8 heteroatoms. The third-order valence-electron chi connectivity index (χ3n) is 3.04. The molecule has 120 valence electrons. The van der Waals surface area contributed by atoms with Crippen LogP contribution in [-0.2, 0) is 4.79 Å². The number of halogens is 1. The van der Waals surface area contributed by atoms with E-state index in [1.807, 2.05) is 37.3 Å². The summed E-state index contributed by atoms with van der Waals surface area (Å²) in [5.74, 6) is 0.396. The van der Waals surface area contributed by atoms with E-state index < -0.39 is 6.04 Å². The van der Waals surface area contributed by atoms with Crippen LogP contribution >= 0.6 is 12.4 Å². The number of amides is 1. The van der Waals surface area contributed by atoms with Crippen molar-refractivity contribution in [3.8, 4) is 11.4 Å². The molecule has 0 radical (unpaired) electrons. The molecule has 2 N–H and O–H groups in total. The van der Waals surface area contributed by atoms with Crippen LogP contribution in [0.1, 0.15) is 19.9 Å². The molecule has 1 aromatic heterocycles. The van der Waals surface area contributed by atoms with Crippen LogP contribution in [0.15, 0.2) is 30.3 Å². The summed E-state index contributed by atoms with van der Waals surface area (Å²) < 4.78 is 0. The molecule has 1 aromatic carbocycles. The number of carbonyl (C=O) groups is 1. The highest BCUT2D eigenvalue weighted by molar-refractivity contribution is 5.85. The standard InChI is InChI=1S/C14H20N6O.ClH/c1-3-15-9-10-16-14(21)11(2)20-18-13(17-19-20)12-7-5-4-6-8-12;/h4-8,11,15H,3,9-10H2,1-2H3,(H,16,21);1H. The molecule has 1 atom stereocenters. The Kier molecular flexibility index (Phi) is 7.48. The fourth-order valence-electron chi connectivity index (χ4n) is 1.80. The largest absolute Gasteiger partial charge is 0.353 e. The van der Waals surface area contributed by atoms with Gasteiger partial charge in [-0.1, -0.05) is 37.3 Å². The molecule has 0 aliphatic rings. The molecule has 0 aliphatic carbocycles. The fourth-order valence-corrected chi connectivity index (χ4v) is 1.80. The van der Waals surface area contributed by atoms with Gasteiger partial charge in [0, 0.05) is 18.7 Å². The summed E-state index contributed by atoms with van der Waals surface area (Å²) in [6.07, 6.45) is 0. The van der Waals surface area contributed by atoms with E-state index in [0.29, 0.717) is 12.4 Å². The summed E-state index contributed by atoms with van der Waals surface area (Å²) in [5, 5.41) is 18.2. The molecule has 2 aromatic rings. The van der Waals surface area contributed by atoms with Gasteiger partial charge in [0.1, 0.15) is 6.04 Å². The molecular formula is C14H21ClN6O. The van der Waals surface area contributed by atoms with Gasteiger partial charge in [-0.3, -0.25) is 4.79 Å². The number of nitrogens with one attached hydrogen (secondary N) is 2. The Labute approximate surface area is 135 Å². The first-order chi connectivity index (χ1) is 10.2. The van der Waals surface area contributed by atoms with Crippen molar-refractivity contribution in [3.63, 3.8) is 0 Å². The van der Waals surface area contributed by atoms with Crippen molar-refractivity contribution in [2.45, 2.75) is 19.9 Å². The smallest absolute Gasteiger partial charge is 0.246 e. The molecule has 1 heterocycles. The van der Waals surface area contributed by atoms with E-state index in [9.17, 15) is 4.79 Å². The lowest BCUT2D eigenvalue weighted by Gasteiger charge is -2.10. The zero-order valence-electron chi connectivity index (χ0n) is 12.7. The van der Waals surface area contributed by atoms with E-state index >= 15 is 0 Å². The maximum absolute atomic E-state index is 12.0. The lowest BCUT2D eigenvalue weighted by molar-refractivity contribution is -0.124. The zero-order valence-corrected chi connectivity index (χ0v) is 13.5. The first-order valence-electron chi connectivity index (χ1n) is 7.05. The lowest BCUT2D eigenvalue weighted by atomic mass is 10.2. The van der Waals surface area contributed by atoms with Gasteiger partial charge in [0.25, 0.3) is 0 Å². The molecule has 1 unspecified atom stereocenters. The quantitative estimate of drug-likeness (QED) is 0.744. The van der Waals surface area contributed by atoms with Crippen molar-refractivity contribution in [1.29, 1.82) is 0 Å². The highest BCUT2D eigenvalue weighted by Crippen LogP contribution is 2.13. The lowest BCUT2D eigenvalue weighted by Crippen LogP contribution is -2.36. The molecule has 0 saturated heterocycles. The normalized spacial score (nSPS) is 11.5. The molecule has 1 amide bonds. The van der Waals surface area contributed by atoms with Gasteiger partial charge in [0.05, 0.1) is 0 Å². The van der Waals surface area contributed by atoms with E-state index in [0.717, 1.165) is 18.7 Å². The topological polar surface area (TPSA) is 84.7 Å². The van der Waals surface area contributed by atoms with Crippen LogP contribution in [0.4, 0.5) is 0 Å². The number of aromatic nitrogens is 4. The van der Waals surface area contributed by atoms with Gasteiger partial charge in [0.15, 0.2) is 0 Å². The predicted molar refractivity (Wildman–Crippen MR) is 86.8 cm³/mol. The number of hydrogen-bond acceptors (Lipinski definition) is 5. The minimum absolute atomic E-state index is 0.